The molecule has 5 heteroatoms. The molecule has 2 heterocycles. The molecule has 106 valence electrons. The van der Waals surface area contributed by atoms with Crippen LogP contribution in [0.3, 0.4) is 0 Å². The summed E-state index contributed by atoms with van der Waals surface area (Å²) < 4.78 is 0. The Morgan fingerprint density at radius 3 is 2.35 bits per heavy atom. The Hall–Kier alpha value is -2.17. The molecule has 20 heavy (non-hydrogen) atoms. The van der Waals surface area contributed by atoms with Gasteiger partial charge >= 0.3 is 0 Å². The van der Waals surface area contributed by atoms with Crippen LogP contribution in [0.15, 0.2) is 30.6 Å². The largest absolute Gasteiger partial charge is 0.370 e. The predicted molar refractivity (Wildman–Crippen MR) is 81.8 cm³/mol. The van der Waals surface area contributed by atoms with Gasteiger partial charge in [-0.1, -0.05) is 6.92 Å². The van der Waals surface area contributed by atoms with Gasteiger partial charge < -0.3 is 10.6 Å². The molecule has 0 aromatic carbocycles. The second kappa shape index (κ2) is 7.43. The van der Waals surface area contributed by atoms with Crippen LogP contribution in [0, 0.1) is 0 Å². The van der Waals surface area contributed by atoms with Gasteiger partial charge in [-0.05, 0) is 31.0 Å². The molecule has 2 aromatic heterocycles. The SMILES string of the molecule is CCCc1nc(NCC)cc(NCc2ccncc2)n1. The minimum absolute atomic E-state index is 0.733. The molecule has 0 aliphatic carbocycles. The number of aryl methyl sites for hydroxylation is 1. The molecular formula is C15H21N5. The van der Waals surface area contributed by atoms with E-state index >= 15 is 0 Å². The molecule has 0 unspecified atom stereocenters. The van der Waals surface area contributed by atoms with Gasteiger partial charge in [-0.3, -0.25) is 4.98 Å². The number of hydrogen-bond donors (Lipinski definition) is 2. The molecule has 2 rings (SSSR count). The van der Waals surface area contributed by atoms with Crippen LogP contribution in [-0.4, -0.2) is 21.5 Å². The Bertz CT molecular complexity index is 503. The van der Waals surface area contributed by atoms with E-state index in [1.54, 1.807) is 12.4 Å². The third-order valence-corrected chi connectivity index (χ3v) is 2.83. The molecule has 0 amide bonds. The van der Waals surface area contributed by atoms with Crippen LogP contribution in [0.1, 0.15) is 31.7 Å². The van der Waals surface area contributed by atoms with Gasteiger partial charge in [0, 0.05) is 38.0 Å². The Kier molecular flexibility index (Phi) is 5.29. The zero-order chi connectivity index (χ0) is 14.2. The molecule has 0 spiro atoms. The van der Waals surface area contributed by atoms with E-state index in [9.17, 15) is 0 Å². The summed E-state index contributed by atoms with van der Waals surface area (Å²) in [6, 6.07) is 5.93. The highest BCUT2D eigenvalue weighted by atomic mass is 15.1. The smallest absolute Gasteiger partial charge is 0.133 e. The van der Waals surface area contributed by atoms with E-state index < -0.39 is 0 Å². The van der Waals surface area contributed by atoms with Crippen molar-refractivity contribution in [2.75, 3.05) is 17.2 Å². The van der Waals surface area contributed by atoms with E-state index in [0.29, 0.717) is 0 Å². The van der Waals surface area contributed by atoms with E-state index in [0.717, 1.165) is 43.4 Å². The highest BCUT2D eigenvalue weighted by molar-refractivity contribution is 5.47. The van der Waals surface area contributed by atoms with Gasteiger partial charge in [-0.15, -0.1) is 0 Å². The average molecular weight is 271 g/mol. The summed E-state index contributed by atoms with van der Waals surface area (Å²) in [4.78, 5) is 13.1. The summed E-state index contributed by atoms with van der Waals surface area (Å²) in [5.74, 6) is 2.61. The summed E-state index contributed by atoms with van der Waals surface area (Å²) in [7, 11) is 0. The van der Waals surface area contributed by atoms with Gasteiger partial charge in [0.2, 0.25) is 0 Å². The number of pyridine rings is 1. The first-order valence-corrected chi connectivity index (χ1v) is 7.06. The lowest BCUT2D eigenvalue weighted by atomic mass is 10.2. The number of nitrogens with one attached hydrogen (secondary N) is 2. The Labute approximate surface area is 119 Å². The van der Waals surface area contributed by atoms with E-state index in [-0.39, 0.29) is 0 Å². The maximum Gasteiger partial charge on any atom is 0.133 e. The fraction of sp³-hybridized carbons (Fsp3) is 0.400. The number of nitrogens with zero attached hydrogens (tertiary/aromatic N) is 3. The van der Waals surface area contributed by atoms with E-state index in [1.807, 2.05) is 18.2 Å². The molecule has 0 bridgehead atoms. The molecule has 2 aromatic rings. The van der Waals surface area contributed by atoms with E-state index in [1.165, 1.54) is 5.56 Å². The Balaban J connectivity index is 2.09. The minimum atomic E-state index is 0.733. The molecule has 0 aliphatic heterocycles. The van der Waals surface area contributed by atoms with Gasteiger partial charge in [0.1, 0.15) is 17.5 Å². The summed E-state index contributed by atoms with van der Waals surface area (Å²) in [6.45, 7) is 5.78. The van der Waals surface area contributed by atoms with Crippen molar-refractivity contribution in [2.24, 2.45) is 0 Å². The van der Waals surface area contributed by atoms with Crippen molar-refractivity contribution in [2.45, 2.75) is 33.2 Å². The third kappa shape index (κ3) is 4.19. The Morgan fingerprint density at radius 1 is 1.00 bits per heavy atom. The maximum atomic E-state index is 4.54. The monoisotopic (exact) mass is 271 g/mol. The van der Waals surface area contributed by atoms with Gasteiger partial charge in [-0.2, -0.15) is 0 Å². The van der Waals surface area contributed by atoms with Gasteiger partial charge in [0.25, 0.3) is 0 Å². The van der Waals surface area contributed by atoms with Crippen molar-refractivity contribution in [3.05, 3.63) is 42.0 Å². The Morgan fingerprint density at radius 2 is 1.70 bits per heavy atom. The second-order valence-electron chi connectivity index (χ2n) is 4.54. The summed E-state index contributed by atoms with van der Waals surface area (Å²) in [6.07, 6.45) is 5.52. The van der Waals surface area contributed by atoms with Crippen LogP contribution in [0.4, 0.5) is 11.6 Å². The average Bonchev–Trinajstić information content (AvgIpc) is 2.47. The third-order valence-electron chi connectivity index (χ3n) is 2.83. The first-order chi connectivity index (χ1) is 9.81. The van der Waals surface area contributed by atoms with Crippen LogP contribution in [0.25, 0.3) is 0 Å². The number of rotatable bonds is 7. The topological polar surface area (TPSA) is 62.7 Å². The van der Waals surface area contributed by atoms with Gasteiger partial charge in [0.15, 0.2) is 0 Å². The molecule has 0 saturated heterocycles. The molecule has 0 atom stereocenters. The molecule has 5 nitrogen and oxygen atoms in total. The minimum Gasteiger partial charge on any atom is -0.370 e. The quantitative estimate of drug-likeness (QED) is 0.810. The molecule has 0 fully saturated rings. The van der Waals surface area contributed by atoms with E-state index in [2.05, 4.69) is 39.4 Å². The predicted octanol–water partition coefficient (Wildman–Crippen LogP) is 2.87. The van der Waals surface area contributed by atoms with Crippen LogP contribution in [-0.2, 0) is 13.0 Å². The van der Waals surface area contributed by atoms with Crippen LogP contribution in [0.2, 0.25) is 0 Å². The zero-order valence-electron chi connectivity index (χ0n) is 12.1. The van der Waals surface area contributed by atoms with Gasteiger partial charge in [0.05, 0.1) is 0 Å². The standard InChI is InChI=1S/C15H21N5/c1-3-5-13-19-14(17-4-2)10-15(20-13)18-11-12-6-8-16-9-7-12/h6-10H,3-5,11H2,1-2H3,(H2,17,18,19,20). The van der Waals surface area contributed by atoms with Crippen molar-refractivity contribution in [1.82, 2.24) is 15.0 Å². The van der Waals surface area contributed by atoms with Crippen molar-refractivity contribution < 1.29 is 0 Å². The number of anilines is 2. The molecular weight excluding hydrogens is 250 g/mol. The lowest BCUT2D eigenvalue weighted by molar-refractivity contribution is 0.834. The highest BCUT2D eigenvalue weighted by Crippen LogP contribution is 2.13. The van der Waals surface area contributed by atoms with Crippen LogP contribution >= 0.6 is 0 Å². The summed E-state index contributed by atoms with van der Waals surface area (Å²) in [5, 5.41) is 6.58. The molecule has 0 saturated carbocycles. The summed E-state index contributed by atoms with van der Waals surface area (Å²) >= 11 is 0. The lowest BCUT2D eigenvalue weighted by Crippen LogP contribution is -2.08. The normalized spacial score (nSPS) is 10.3. The fourth-order valence-electron chi connectivity index (χ4n) is 1.89. The molecule has 0 aliphatic rings. The molecule has 2 N–H and O–H groups in total. The zero-order valence-corrected chi connectivity index (χ0v) is 12.1. The van der Waals surface area contributed by atoms with E-state index in [4.69, 9.17) is 0 Å². The number of hydrogen-bond acceptors (Lipinski definition) is 5. The fourth-order valence-corrected chi connectivity index (χ4v) is 1.89. The van der Waals surface area contributed by atoms with Crippen LogP contribution in [0.5, 0.6) is 0 Å². The van der Waals surface area contributed by atoms with Gasteiger partial charge in [-0.25, -0.2) is 9.97 Å². The van der Waals surface area contributed by atoms with Crippen molar-refractivity contribution in [3.63, 3.8) is 0 Å². The lowest BCUT2D eigenvalue weighted by Gasteiger charge is -2.10. The first-order valence-electron chi connectivity index (χ1n) is 7.06. The summed E-state index contributed by atoms with van der Waals surface area (Å²) in [5.41, 5.74) is 1.18. The second-order valence-corrected chi connectivity index (χ2v) is 4.54. The van der Waals surface area contributed by atoms with Crippen LogP contribution < -0.4 is 10.6 Å². The van der Waals surface area contributed by atoms with Crippen molar-refractivity contribution in [1.29, 1.82) is 0 Å². The molecule has 0 radical (unpaired) electrons. The maximum absolute atomic E-state index is 4.54. The first kappa shape index (κ1) is 14.2. The highest BCUT2D eigenvalue weighted by Gasteiger charge is 2.03. The van der Waals surface area contributed by atoms with Crippen molar-refractivity contribution in [3.8, 4) is 0 Å². The van der Waals surface area contributed by atoms with Crippen molar-refractivity contribution >= 4 is 11.6 Å². The number of aromatic nitrogens is 3.